The van der Waals surface area contributed by atoms with Crippen molar-refractivity contribution in [1.82, 2.24) is 14.6 Å². The zero-order valence-corrected chi connectivity index (χ0v) is 14.1. The van der Waals surface area contributed by atoms with Crippen LogP contribution in [0.3, 0.4) is 0 Å². The van der Waals surface area contributed by atoms with Gasteiger partial charge in [0, 0.05) is 11.8 Å². The number of rotatable bonds is 4. The van der Waals surface area contributed by atoms with Crippen molar-refractivity contribution >= 4 is 21.4 Å². The second-order valence-corrected chi connectivity index (χ2v) is 7.17. The van der Waals surface area contributed by atoms with Crippen LogP contribution in [-0.4, -0.2) is 35.8 Å². The van der Waals surface area contributed by atoms with E-state index in [4.69, 9.17) is 11.7 Å². The molecule has 0 amide bonds. The molecule has 0 unspecified atom stereocenters. The normalized spacial score (nSPS) is 11.0. The highest BCUT2D eigenvalue weighted by molar-refractivity contribution is 7.92. The van der Waals surface area contributed by atoms with E-state index in [0.717, 1.165) is 16.1 Å². The highest BCUT2D eigenvalue weighted by Crippen LogP contribution is 2.26. The van der Waals surface area contributed by atoms with Crippen LogP contribution in [0, 0.1) is 23.7 Å². The summed E-state index contributed by atoms with van der Waals surface area (Å²) in [5.74, 6) is 2.36. The first kappa shape index (κ1) is 16.5. The Hall–Kier alpha value is -3.36. The molecule has 0 atom stereocenters. The maximum atomic E-state index is 12.0. The number of hydrogen-bond donors (Lipinski definition) is 0. The van der Waals surface area contributed by atoms with Crippen LogP contribution in [0.2, 0.25) is 0 Å². The van der Waals surface area contributed by atoms with Crippen LogP contribution < -0.4 is 4.31 Å². The number of fused-ring (bicyclic) bond motifs is 1. The first-order chi connectivity index (χ1) is 12.0. The molecule has 2 heterocycles. The van der Waals surface area contributed by atoms with E-state index < -0.39 is 10.0 Å². The average molecular weight is 351 g/mol. The van der Waals surface area contributed by atoms with Gasteiger partial charge in [0.05, 0.1) is 30.4 Å². The quantitative estimate of drug-likeness (QED) is 0.667. The molecule has 3 aromatic rings. The molecule has 3 rings (SSSR count). The first-order valence-electron chi connectivity index (χ1n) is 7.20. The molecule has 0 aliphatic heterocycles. The van der Waals surface area contributed by atoms with Crippen LogP contribution in [-0.2, 0) is 10.0 Å². The molecule has 0 fully saturated rings. The molecule has 0 aliphatic carbocycles. The molecule has 1 aromatic carbocycles. The van der Waals surface area contributed by atoms with Crippen molar-refractivity contribution < 1.29 is 8.42 Å². The molecule has 0 radical (unpaired) electrons. The molecular weight excluding hydrogens is 338 g/mol. The molecule has 124 valence electrons. The summed E-state index contributed by atoms with van der Waals surface area (Å²) < 4.78 is 26.7. The van der Waals surface area contributed by atoms with E-state index in [-0.39, 0.29) is 6.54 Å². The fourth-order valence-corrected chi connectivity index (χ4v) is 3.30. The Labute approximate surface area is 145 Å². The van der Waals surface area contributed by atoms with E-state index in [1.54, 1.807) is 35.0 Å². The van der Waals surface area contributed by atoms with Gasteiger partial charge in [-0.3, -0.25) is 4.31 Å². The smallest absolute Gasteiger partial charge is 0.233 e. The van der Waals surface area contributed by atoms with Crippen molar-refractivity contribution in [3.63, 3.8) is 0 Å². The number of anilines is 1. The van der Waals surface area contributed by atoms with E-state index in [0.29, 0.717) is 22.6 Å². The predicted octanol–water partition coefficient (Wildman–Crippen LogP) is 1.67. The molecular formula is C17H13N5O2S. The zero-order chi connectivity index (χ0) is 18.0. The number of terminal acetylenes is 1. The van der Waals surface area contributed by atoms with Crippen LogP contribution in [0.1, 0.15) is 5.56 Å². The van der Waals surface area contributed by atoms with Crippen LogP contribution in [0.5, 0.6) is 0 Å². The van der Waals surface area contributed by atoms with Crippen molar-refractivity contribution in [1.29, 1.82) is 5.26 Å². The maximum Gasteiger partial charge on any atom is 0.233 e. The molecule has 8 heteroatoms. The third-order valence-electron chi connectivity index (χ3n) is 3.59. The van der Waals surface area contributed by atoms with Gasteiger partial charge >= 0.3 is 0 Å². The molecule has 25 heavy (non-hydrogen) atoms. The summed E-state index contributed by atoms with van der Waals surface area (Å²) in [7, 11) is -3.51. The van der Waals surface area contributed by atoms with Gasteiger partial charge in [-0.05, 0) is 18.2 Å². The fraction of sp³-hybridized carbons (Fsp3) is 0.118. The molecule has 0 bridgehead atoms. The average Bonchev–Trinajstić information content (AvgIpc) is 3.02. The number of benzene rings is 1. The highest BCUT2D eigenvalue weighted by Gasteiger charge is 2.17. The van der Waals surface area contributed by atoms with Crippen molar-refractivity contribution in [3.05, 3.63) is 48.3 Å². The van der Waals surface area contributed by atoms with Crippen molar-refractivity contribution in [2.45, 2.75) is 0 Å². The van der Waals surface area contributed by atoms with Gasteiger partial charge in [0.2, 0.25) is 10.0 Å². The fourth-order valence-electron chi connectivity index (χ4n) is 2.49. The lowest BCUT2D eigenvalue weighted by Gasteiger charge is -2.20. The van der Waals surface area contributed by atoms with E-state index in [1.807, 2.05) is 12.1 Å². The highest BCUT2D eigenvalue weighted by atomic mass is 32.2. The van der Waals surface area contributed by atoms with Crippen LogP contribution in [0.15, 0.2) is 42.7 Å². The number of hydrogen-bond acceptors (Lipinski definition) is 5. The third kappa shape index (κ3) is 3.03. The second-order valence-electron chi connectivity index (χ2n) is 5.26. The van der Waals surface area contributed by atoms with Gasteiger partial charge < -0.3 is 0 Å². The topological polar surface area (TPSA) is 91.4 Å². The van der Waals surface area contributed by atoms with Crippen LogP contribution in [0.25, 0.3) is 16.9 Å². The minimum absolute atomic E-state index is 0.0611. The van der Waals surface area contributed by atoms with Crippen LogP contribution >= 0.6 is 0 Å². The van der Waals surface area contributed by atoms with Gasteiger partial charge in [0.1, 0.15) is 11.6 Å². The van der Waals surface area contributed by atoms with Crippen molar-refractivity contribution in [2.24, 2.45) is 0 Å². The lowest BCUT2D eigenvalue weighted by Crippen LogP contribution is -2.30. The number of nitriles is 1. The number of aromatic nitrogens is 3. The van der Waals surface area contributed by atoms with E-state index in [2.05, 4.69) is 16.0 Å². The van der Waals surface area contributed by atoms with Gasteiger partial charge in [-0.15, -0.1) is 6.42 Å². The lowest BCUT2D eigenvalue weighted by molar-refractivity contribution is 0.599. The predicted molar refractivity (Wildman–Crippen MR) is 94.2 cm³/mol. The molecule has 2 aromatic heterocycles. The zero-order valence-electron chi connectivity index (χ0n) is 13.3. The minimum atomic E-state index is -3.51. The van der Waals surface area contributed by atoms with E-state index >= 15 is 0 Å². The molecule has 0 spiro atoms. The SMILES string of the molecule is C#CCN(c1cccc(-c2ccnc3c(C#N)cnn23)c1)S(C)(=O)=O. The summed E-state index contributed by atoms with van der Waals surface area (Å²) in [5, 5.41) is 13.3. The molecule has 0 saturated carbocycles. The Morgan fingerprint density at radius 3 is 2.84 bits per heavy atom. The van der Waals surface area contributed by atoms with Gasteiger partial charge in [0.15, 0.2) is 5.65 Å². The monoisotopic (exact) mass is 351 g/mol. The van der Waals surface area contributed by atoms with Gasteiger partial charge in [-0.2, -0.15) is 10.4 Å². The summed E-state index contributed by atoms with van der Waals surface area (Å²) in [5.41, 5.74) is 2.67. The van der Waals surface area contributed by atoms with Gasteiger partial charge in [0.25, 0.3) is 0 Å². The van der Waals surface area contributed by atoms with Gasteiger partial charge in [-0.1, -0.05) is 18.1 Å². The number of sulfonamides is 1. The summed E-state index contributed by atoms with van der Waals surface area (Å²) in [4.78, 5) is 4.17. The van der Waals surface area contributed by atoms with Crippen molar-refractivity contribution in [3.8, 4) is 29.7 Å². The Bertz CT molecular complexity index is 1140. The molecule has 0 N–H and O–H groups in total. The Kier molecular flexibility index (Phi) is 4.14. The Balaban J connectivity index is 2.17. The minimum Gasteiger partial charge on any atom is -0.258 e. The summed E-state index contributed by atoms with van der Waals surface area (Å²) in [6, 6.07) is 10.7. The van der Waals surface area contributed by atoms with Gasteiger partial charge in [-0.25, -0.2) is 17.9 Å². The van der Waals surface area contributed by atoms with Crippen molar-refractivity contribution in [2.75, 3.05) is 17.1 Å². The maximum absolute atomic E-state index is 12.0. The summed E-state index contributed by atoms with van der Waals surface area (Å²) in [6.45, 7) is -0.0611. The summed E-state index contributed by atoms with van der Waals surface area (Å²) in [6.07, 6.45) is 9.42. The summed E-state index contributed by atoms with van der Waals surface area (Å²) >= 11 is 0. The van der Waals surface area contributed by atoms with Crippen LogP contribution in [0.4, 0.5) is 5.69 Å². The first-order valence-corrected chi connectivity index (χ1v) is 9.05. The molecule has 0 saturated heterocycles. The second kappa shape index (κ2) is 6.27. The number of nitrogens with zero attached hydrogens (tertiary/aromatic N) is 5. The Morgan fingerprint density at radius 1 is 1.36 bits per heavy atom. The largest absolute Gasteiger partial charge is 0.258 e. The lowest BCUT2D eigenvalue weighted by atomic mass is 10.1. The standard InChI is InChI=1S/C17H13N5O2S/c1-3-9-21(25(2,23)24)15-6-4-5-13(10-15)16-7-8-19-17-14(11-18)12-20-22(16)17/h1,4-8,10,12H,9H2,2H3. The molecule has 7 nitrogen and oxygen atoms in total. The third-order valence-corrected chi connectivity index (χ3v) is 4.73. The van der Waals surface area contributed by atoms with E-state index in [9.17, 15) is 8.42 Å². The molecule has 0 aliphatic rings. The van der Waals surface area contributed by atoms with E-state index in [1.165, 1.54) is 6.20 Å². The Morgan fingerprint density at radius 2 is 2.16 bits per heavy atom.